The number of nitrogens with one attached hydrogen (secondary N) is 1. The van der Waals surface area contributed by atoms with Crippen molar-refractivity contribution >= 4 is 16.8 Å². The van der Waals surface area contributed by atoms with E-state index >= 15 is 0 Å². The molecule has 0 aromatic heterocycles. The molecule has 1 aliphatic heterocycles. The zero-order valence-corrected chi connectivity index (χ0v) is 11.4. The lowest BCUT2D eigenvalue weighted by Gasteiger charge is -2.31. The van der Waals surface area contributed by atoms with Crippen LogP contribution in [0.25, 0.3) is 0 Å². The summed E-state index contributed by atoms with van der Waals surface area (Å²) in [5.74, 6) is 0.621. The molecule has 1 rings (SSSR count). The molecule has 17 heavy (non-hydrogen) atoms. The van der Waals surface area contributed by atoms with Crippen molar-refractivity contribution < 1.29 is 14.1 Å². The van der Waals surface area contributed by atoms with Crippen molar-refractivity contribution in [3.05, 3.63) is 0 Å². The van der Waals surface area contributed by atoms with Crippen LogP contribution in [0.5, 0.6) is 0 Å². The number of carboxylic acids is 1. The minimum absolute atomic E-state index is 0.572. The first-order chi connectivity index (χ1) is 7.98. The number of carboxylic acid groups (broad SMARTS) is 1. The number of hydrogen-bond acceptors (Lipinski definition) is 4. The summed E-state index contributed by atoms with van der Waals surface area (Å²) >= 11 is 0. The van der Waals surface area contributed by atoms with E-state index in [1.807, 2.05) is 6.92 Å². The Morgan fingerprint density at radius 2 is 2.06 bits per heavy atom. The van der Waals surface area contributed by atoms with Gasteiger partial charge in [0.1, 0.15) is 5.54 Å². The van der Waals surface area contributed by atoms with E-state index in [0.29, 0.717) is 24.5 Å². The average molecular weight is 262 g/mol. The zero-order valence-electron chi connectivity index (χ0n) is 10.6. The van der Waals surface area contributed by atoms with Crippen LogP contribution in [0.1, 0.15) is 20.3 Å². The zero-order chi connectivity index (χ0) is 12.9. The Morgan fingerprint density at radius 3 is 2.53 bits per heavy atom. The fourth-order valence-electron chi connectivity index (χ4n) is 1.94. The van der Waals surface area contributed by atoms with Crippen LogP contribution in [-0.4, -0.2) is 63.4 Å². The molecule has 0 bridgehead atoms. The van der Waals surface area contributed by atoms with Crippen LogP contribution >= 0.6 is 0 Å². The average Bonchev–Trinajstić information content (AvgIpc) is 2.28. The Labute approximate surface area is 105 Å². The summed E-state index contributed by atoms with van der Waals surface area (Å²) in [4.78, 5) is 13.4. The fourth-order valence-corrected chi connectivity index (χ4v) is 3.07. The van der Waals surface area contributed by atoms with Crippen LogP contribution in [0, 0.1) is 0 Å². The van der Waals surface area contributed by atoms with Gasteiger partial charge in [-0.25, -0.2) is 0 Å². The molecule has 5 nitrogen and oxygen atoms in total. The van der Waals surface area contributed by atoms with Gasteiger partial charge in [0.2, 0.25) is 0 Å². The van der Waals surface area contributed by atoms with Gasteiger partial charge in [-0.15, -0.1) is 0 Å². The Balaban J connectivity index is 2.41. The second-order valence-electron chi connectivity index (χ2n) is 4.61. The second kappa shape index (κ2) is 6.47. The van der Waals surface area contributed by atoms with E-state index in [4.69, 9.17) is 0 Å². The van der Waals surface area contributed by atoms with E-state index in [1.54, 1.807) is 6.92 Å². The lowest BCUT2D eigenvalue weighted by Crippen LogP contribution is -2.52. The molecule has 2 N–H and O–H groups in total. The van der Waals surface area contributed by atoms with Crippen LogP contribution in [0.2, 0.25) is 0 Å². The van der Waals surface area contributed by atoms with Crippen molar-refractivity contribution in [2.75, 3.05) is 37.7 Å². The van der Waals surface area contributed by atoms with Crippen molar-refractivity contribution in [3.8, 4) is 0 Å². The fraction of sp³-hybridized carbons (Fsp3) is 0.909. The molecule has 1 atom stereocenters. The molecular formula is C11H22N2O3S. The number of likely N-dealkylation sites (N-methyl/N-ethyl adjacent to an activating group) is 1. The topological polar surface area (TPSA) is 69.6 Å². The molecule has 1 unspecified atom stereocenters. The molecule has 1 heterocycles. The van der Waals surface area contributed by atoms with Gasteiger partial charge in [0, 0.05) is 41.9 Å². The van der Waals surface area contributed by atoms with Crippen molar-refractivity contribution in [2.45, 2.75) is 25.8 Å². The Bertz CT molecular complexity index is 288. The number of nitrogens with zero attached hydrogens (tertiary/aromatic N) is 1. The van der Waals surface area contributed by atoms with Gasteiger partial charge in [-0.3, -0.25) is 9.00 Å². The number of rotatable bonds is 6. The van der Waals surface area contributed by atoms with Crippen LogP contribution in [0.4, 0.5) is 0 Å². The maximum absolute atomic E-state index is 11.2. The molecule has 0 aromatic carbocycles. The standard InChI is InChI=1S/C11H22N2O3S/c1-3-12-11(2,10(14)15)4-5-13-6-8-17(16)9-7-13/h12H,3-9H2,1-2H3,(H,14,15). The molecule has 0 aliphatic carbocycles. The highest BCUT2D eigenvalue weighted by molar-refractivity contribution is 7.85. The van der Waals surface area contributed by atoms with E-state index < -0.39 is 22.3 Å². The summed E-state index contributed by atoms with van der Waals surface area (Å²) in [6.45, 7) is 6.65. The third-order valence-corrected chi connectivity index (χ3v) is 4.51. The summed E-state index contributed by atoms with van der Waals surface area (Å²) in [6, 6.07) is 0. The molecule has 0 radical (unpaired) electrons. The van der Waals surface area contributed by atoms with Crippen LogP contribution in [-0.2, 0) is 15.6 Å². The summed E-state index contributed by atoms with van der Waals surface area (Å²) in [7, 11) is -0.671. The van der Waals surface area contributed by atoms with Gasteiger partial charge in [-0.05, 0) is 19.9 Å². The third-order valence-electron chi connectivity index (χ3n) is 3.24. The Kier molecular flexibility index (Phi) is 5.55. The lowest BCUT2D eigenvalue weighted by molar-refractivity contribution is -0.144. The van der Waals surface area contributed by atoms with E-state index in [1.165, 1.54) is 0 Å². The van der Waals surface area contributed by atoms with E-state index in [2.05, 4.69) is 10.2 Å². The number of hydrogen-bond donors (Lipinski definition) is 2. The predicted octanol–water partition coefficient (Wildman–Crippen LogP) is -0.106. The molecule has 1 saturated heterocycles. The maximum atomic E-state index is 11.2. The van der Waals surface area contributed by atoms with Gasteiger partial charge in [-0.2, -0.15) is 0 Å². The van der Waals surface area contributed by atoms with Gasteiger partial charge >= 0.3 is 5.97 Å². The molecule has 0 spiro atoms. The van der Waals surface area contributed by atoms with Gasteiger partial charge in [0.15, 0.2) is 0 Å². The normalized spacial score (nSPS) is 22.2. The Morgan fingerprint density at radius 1 is 1.47 bits per heavy atom. The van der Waals surface area contributed by atoms with E-state index in [0.717, 1.165) is 19.6 Å². The molecule has 6 heteroatoms. The van der Waals surface area contributed by atoms with Gasteiger partial charge < -0.3 is 15.3 Å². The van der Waals surface area contributed by atoms with Crippen molar-refractivity contribution in [3.63, 3.8) is 0 Å². The molecule has 0 aromatic rings. The number of aliphatic carboxylic acids is 1. The second-order valence-corrected chi connectivity index (χ2v) is 6.30. The monoisotopic (exact) mass is 262 g/mol. The minimum Gasteiger partial charge on any atom is -0.480 e. The third kappa shape index (κ3) is 4.37. The minimum atomic E-state index is -0.856. The highest BCUT2D eigenvalue weighted by Gasteiger charge is 2.32. The molecule has 0 amide bonds. The molecule has 0 saturated carbocycles. The maximum Gasteiger partial charge on any atom is 0.323 e. The molecule has 1 fully saturated rings. The largest absolute Gasteiger partial charge is 0.480 e. The predicted molar refractivity (Wildman–Crippen MR) is 68.7 cm³/mol. The first kappa shape index (κ1) is 14.6. The first-order valence-corrected chi connectivity index (χ1v) is 7.52. The summed E-state index contributed by atoms with van der Waals surface area (Å²) < 4.78 is 11.2. The smallest absolute Gasteiger partial charge is 0.323 e. The van der Waals surface area contributed by atoms with Crippen molar-refractivity contribution in [2.24, 2.45) is 0 Å². The van der Waals surface area contributed by atoms with Gasteiger partial charge in [0.05, 0.1) is 0 Å². The SMILES string of the molecule is CCNC(C)(CCN1CCS(=O)CC1)C(=O)O. The highest BCUT2D eigenvalue weighted by atomic mass is 32.2. The van der Waals surface area contributed by atoms with Gasteiger partial charge in [0.25, 0.3) is 0 Å². The quantitative estimate of drug-likeness (QED) is 0.699. The summed E-state index contributed by atoms with van der Waals surface area (Å²) in [5, 5.41) is 12.2. The van der Waals surface area contributed by atoms with Gasteiger partial charge in [-0.1, -0.05) is 6.92 Å². The summed E-state index contributed by atoms with van der Waals surface area (Å²) in [5.41, 5.74) is -0.856. The van der Waals surface area contributed by atoms with E-state index in [-0.39, 0.29) is 0 Å². The Hall–Kier alpha value is -0.460. The van der Waals surface area contributed by atoms with Crippen molar-refractivity contribution in [1.82, 2.24) is 10.2 Å². The van der Waals surface area contributed by atoms with Crippen LogP contribution < -0.4 is 5.32 Å². The van der Waals surface area contributed by atoms with Crippen molar-refractivity contribution in [1.29, 1.82) is 0 Å². The van der Waals surface area contributed by atoms with E-state index in [9.17, 15) is 14.1 Å². The van der Waals surface area contributed by atoms with Crippen LogP contribution in [0.15, 0.2) is 0 Å². The molecule has 1 aliphatic rings. The molecule has 100 valence electrons. The summed E-state index contributed by atoms with van der Waals surface area (Å²) in [6.07, 6.45) is 0.572. The molecular weight excluding hydrogens is 240 g/mol. The number of carbonyl (C=O) groups is 1. The lowest BCUT2D eigenvalue weighted by atomic mass is 9.97. The van der Waals surface area contributed by atoms with Crippen LogP contribution in [0.3, 0.4) is 0 Å². The highest BCUT2D eigenvalue weighted by Crippen LogP contribution is 2.12. The first-order valence-electron chi connectivity index (χ1n) is 6.03.